The van der Waals surface area contributed by atoms with Crippen LogP contribution in [0.2, 0.25) is 0 Å². The molecule has 0 aliphatic heterocycles. The molecule has 2 rings (SSSR count). The van der Waals surface area contributed by atoms with E-state index in [4.69, 9.17) is 5.73 Å². The molecule has 0 unspecified atom stereocenters. The van der Waals surface area contributed by atoms with Crippen LogP contribution in [-0.2, 0) is 6.18 Å². The van der Waals surface area contributed by atoms with Crippen LogP contribution in [0.3, 0.4) is 0 Å². The quantitative estimate of drug-likeness (QED) is 0.501. The van der Waals surface area contributed by atoms with Gasteiger partial charge >= 0.3 is 6.18 Å². The molecule has 0 saturated carbocycles. The molecule has 0 atom stereocenters. The highest BCUT2D eigenvalue weighted by Gasteiger charge is 2.31. The molecule has 5 N–H and O–H groups in total. The van der Waals surface area contributed by atoms with Crippen LogP contribution in [0.25, 0.3) is 0 Å². The molecule has 0 heterocycles. The summed E-state index contributed by atoms with van der Waals surface area (Å²) in [6, 6.07) is 11.3. The van der Waals surface area contributed by atoms with Crippen molar-refractivity contribution in [3.63, 3.8) is 0 Å². The largest absolute Gasteiger partial charge is 0.416 e. The number of hydrogen-bond donors (Lipinski definition) is 4. The van der Waals surface area contributed by atoms with Crippen LogP contribution in [0.1, 0.15) is 15.9 Å². The standard InChI is InChI=1S/C15H13F3N4OS/c16-15(17,18)9-6-7-12(20-14(19)24)11(8-9)13(23)22-21-10-4-2-1-3-5-10/h1-8,21H,(H,22,23)(H3,19,20,24). The highest BCUT2D eigenvalue weighted by Crippen LogP contribution is 2.31. The maximum atomic E-state index is 12.9. The summed E-state index contributed by atoms with van der Waals surface area (Å²) in [4.78, 5) is 12.2. The zero-order valence-electron chi connectivity index (χ0n) is 12.1. The number of alkyl halides is 3. The fourth-order valence-corrected chi connectivity index (χ4v) is 1.98. The van der Waals surface area contributed by atoms with Gasteiger partial charge in [-0.05, 0) is 42.5 Å². The summed E-state index contributed by atoms with van der Waals surface area (Å²) >= 11 is 4.67. The minimum atomic E-state index is -4.58. The number of nitrogens with two attached hydrogens (primary N) is 1. The van der Waals surface area contributed by atoms with Crippen molar-refractivity contribution in [1.29, 1.82) is 0 Å². The van der Waals surface area contributed by atoms with Gasteiger partial charge in [-0.25, -0.2) is 0 Å². The van der Waals surface area contributed by atoms with Gasteiger partial charge in [0.2, 0.25) is 0 Å². The predicted octanol–water partition coefficient (Wildman–Crippen LogP) is 3.12. The average Bonchev–Trinajstić information content (AvgIpc) is 2.52. The van der Waals surface area contributed by atoms with Crippen LogP contribution in [0.15, 0.2) is 48.5 Å². The van der Waals surface area contributed by atoms with Crippen molar-refractivity contribution in [3.8, 4) is 0 Å². The third-order valence-electron chi connectivity index (χ3n) is 2.94. The number of carbonyl (C=O) groups excluding carboxylic acids is 1. The highest BCUT2D eigenvalue weighted by atomic mass is 32.1. The smallest absolute Gasteiger partial charge is 0.376 e. The summed E-state index contributed by atoms with van der Waals surface area (Å²) in [6.07, 6.45) is -4.58. The molecule has 9 heteroatoms. The number of benzene rings is 2. The summed E-state index contributed by atoms with van der Waals surface area (Å²) < 4.78 is 38.6. The summed E-state index contributed by atoms with van der Waals surface area (Å²) in [5.41, 5.74) is 9.71. The number of thiocarbonyl (C=S) groups is 1. The fraction of sp³-hybridized carbons (Fsp3) is 0.0667. The molecule has 0 spiro atoms. The second kappa shape index (κ2) is 7.18. The summed E-state index contributed by atoms with van der Waals surface area (Å²) in [5, 5.41) is 2.32. The second-order valence-electron chi connectivity index (χ2n) is 4.69. The summed E-state index contributed by atoms with van der Waals surface area (Å²) in [7, 11) is 0. The topological polar surface area (TPSA) is 79.2 Å². The molecular weight excluding hydrogens is 341 g/mol. The Labute approximate surface area is 141 Å². The van der Waals surface area contributed by atoms with Crippen molar-refractivity contribution in [2.75, 3.05) is 10.7 Å². The van der Waals surface area contributed by atoms with Gasteiger partial charge in [-0.15, -0.1) is 0 Å². The number of anilines is 2. The van der Waals surface area contributed by atoms with Gasteiger partial charge in [0, 0.05) is 0 Å². The number of hydrogen-bond acceptors (Lipinski definition) is 3. The number of hydrazine groups is 1. The van der Waals surface area contributed by atoms with Gasteiger partial charge in [0.15, 0.2) is 5.11 Å². The number of para-hydroxylation sites is 1. The normalized spacial score (nSPS) is 10.8. The number of rotatable bonds is 4. The van der Waals surface area contributed by atoms with Crippen LogP contribution in [0.5, 0.6) is 0 Å². The van der Waals surface area contributed by atoms with E-state index in [1.165, 1.54) is 0 Å². The van der Waals surface area contributed by atoms with Crippen LogP contribution < -0.4 is 21.9 Å². The van der Waals surface area contributed by atoms with E-state index in [0.717, 1.165) is 18.2 Å². The Balaban J connectivity index is 2.27. The van der Waals surface area contributed by atoms with E-state index < -0.39 is 17.6 Å². The Hall–Kier alpha value is -2.81. The number of halogens is 3. The van der Waals surface area contributed by atoms with E-state index in [1.807, 2.05) is 0 Å². The predicted molar refractivity (Wildman–Crippen MR) is 89.4 cm³/mol. The lowest BCUT2D eigenvalue weighted by molar-refractivity contribution is -0.137. The van der Waals surface area contributed by atoms with Gasteiger partial charge < -0.3 is 11.1 Å². The minimum Gasteiger partial charge on any atom is -0.376 e. The fourth-order valence-electron chi connectivity index (χ4n) is 1.87. The van der Waals surface area contributed by atoms with Crippen molar-refractivity contribution in [2.24, 2.45) is 5.73 Å². The SMILES string of the molecule is NC(=S)Nc1ccc(C(F)(F)F)cc1C(=O)NNc1ccccc1. The Morgan fingerprint density at radius 2 is 1.75 bits per heavy atom. The lowest BCUT2D eigenvalue weighted by Crippen LogP contribution is -2.31. The van der Waals surface area contributed by atoms with E-state index in [9.17, 15) is 18.0 Å². The molecule has 0 aliphatic rings. The minimum absolute atomic E-state index is 0.0721. The van der Waals surface area contributed by atoms with E-state index in [-0.39, 0.29) is 16.4 Å². The van der Waals surface area contributed by atoms with E-state index in [2.05, 4.69) is 28.4 Å². The molecule has 2 aromatic carbocycles. The Morgan fingerprint density at radius 3 is 2.33 bits per heavy atom. The van der Waals surface area contributed by atoms with Gasteiger partial charge in [-0.3, -0.25) is 15.6 Å². The monoisotopic (exact) mass is 354 g/mol. The Kier molecular flexibility index (Phi) is 5.24. The highest BCUT2D eigenvalue weighted by molar-refractivity contribution is 7.80. The van der Waals surface area contributed by atoms with Crippen LogP contribution >= 0.6 is 12.2 Å². The molecule has 0 fully saturated rings. The number of amides is 1. The van der Waals surface area contributed by atoms with Crippen molar-refractivity contribution in [2.45, 2.75) is 6.18 Å². The maximum absolute atomic E-state index is 12.9. The van der Waals surface area contributed by atoms with Gasteiger partial charge in [-0.1, -0.05) is 18.2 Å². The van der Waals surface area contributed by atoms with Crippen molar-refractivity contribution < 1.29 is 18.0 Å². The molecule has 5 nitrogen and oxygen atoms in total. The molecule has 0 radical (unpaired) electrons. The molecule has 0 aliphatic carbocycles. The summed E-state index contributed by atoms with van der Waals surface area (Å²) in [6.45, 7) is 0. The lowest BCUT2D eigenvalue weighted by Gasteiger charge is -2.15. The van der Waals surface area contributed by atoms with Gasteiger partial charge in [0.05, 0.1) is 22.5 Å². The Morgan fingerprint density at radius 1 is 1.08 bits per heavy atom. The second-order valence-corrected chi connectivity index (χ2v) is 5.13. The van der Waals surface area contributed by atoms with E-state index >= 15 is 0 Å². The van der Waals surface area contributed by atoms with E-state index in [0.29, 0.717) is 5.69 Å². The average molecular weight is 354 g/mol. The number of nitrogens with one attached hydrogen (secondary N) is 3. The third-order valence-corrected chi connectivity index (χ3v) is 3.05. The zero-order valence-corrected chi connectivity index (χ0v) is 13.0. The third kappa shape index (κ3) is 4.59. The Bertz CT molecular complexity index is 750. The van der Waals surface area contributed by atoms with Crippen molar-refractivity contribution >= 4 is 34.6 Å². The first kappa shape index (κ1) is 17.5. The maximum Gasteiger partial charge on any atom is 0.416 e. The molecule has 2 aromatic rings. The molecule has 0 bridgehead atoms. The molecule has 126 valence electrons. The van der Waals surface area contributed by atoms with Gasteiger partial charge in [-0.2, -0.15) is 13.2 Å². The van der Waals surface area contributed by atoms with Gasteiger partial charge in [0.25, 0.3) is 5.91 Å². The van der Waals surface area contributed by atoms with Crippen molar-refractivity contribution in [3.05, 3.63) is 59.7 Å². The first-order chi connectivity index (χ1) is 11.3. The first-order valence-corrected chi connectivity index (χ1v) is 7.07. The van der Waals surface area contributed by atoms with Gasteiger partial charge in [0.1, 0.15) is 0 Å². The zero-order chi connectivity index (χ0) is 17.7. The molecular formula is C15H13F3N4OS. The van der Waals surface area contributed by atoms with Crippen molar-refractivity contribution in [1.82, 2.24) is 5.43 Å². The number of carbonyl (C=O) groups is 1. The molecule has 1 amide bonds. The van der Waals surface area contributed by atoms with Crippen LogP contribution in [0, 0.1) is 0 Å². The van der Waals surface area contributed by atoms with Crippen LogP contribution in [0.4, 0.5) is 24.5 Å². The lowest BCUT2D eigenvalue weighted by atomic mass is 10.1. The molecule has 0 aromatic heterocycles. The van der Waals surface area contributed by atoms with Crippen LogP contribution in [-0.4, -0.2) is 11.0 Å². The molecule has 0 saturated heterocycles. The summed E-state index contributed by atoms with van der Waals surface area (Å²) in [5.74, 6) is -0.774. The van der Waals surface area contributed by atoms with E-state index in [1.54, 1.807) is 30.3 Å². The molecule has 24 heavy (non-hydrogen) atoms. The first-order valence-electron chi connectivity index (χ1n) is 6.66.